The van der Waals surface area contributed by atoms with Crippen molar-refractivity contribution >= 4 is 28.4 Å². The first-order valence-corrected chi connectivity index (χ1v) is 13.9. The molecule has 5 rings (SSSR count). The number of halogens is 3. The number of alkyl halides is 3. The molecule has 0 spiro atoms. The molecule has 4 aromatic rings. The fourth-order valence-electron chi connectivity index (χ4n) is 5.24. The van der Waals surface area contributed by atoms with Crippen LogP contribution in [0.4, 0.5) is 24.8 Å². The number of benzene rings is 1. The van der Waals surface area contributed by atoms with Crippen molar-refractivity contribution in [3.8, 4) is 11.3 Å². The molecular formula is C30H33F3N8O. The van der Waals surface area contributed by atoms with Gasteiger partial charge in [0.15, 0.2) is 0 Å². The molecule has 42 heavy (non-hydrogen) atoms. The molecular weight excluding hydrogens is 545 g/mol. The Morgan fingerprint density at radius 3 is 2.57 bits per heavy atom. The van der Waals surface area contributed by atoms with Crippen molar-refractivity contribution in [2.24, 2.45) is 0 Å². The molecule has 3 N–H and O–H groups in total. The van der Waals surface area contributed by atoms with Crippen LogP contribution >= 0.6 is 0 Å². The molecule has 1 aromatic carbocycles. The zero-order valence-corrected chi connectivity index (χ0v) is 23.4. The van der Waals surface area contributed by atoms with Gasteiger partial charge in [-0.3, -0.25) is 14.7 Å². The van der Waals surface area contributed by atoms with Gasteiger partial charge in [0.2, 0.25) is 0 Å². The van der Waals surface area contributed by atoms with Gasteiger partial charge in [-0.15, -0.1) is 0 Å². The zero-order chi connectivity index (χ0) is 29.7. The van der Waals surface area contributed by atoms with E-state index < -0.39 is 12.7 Å². The molecule has 0 aliphatic carbocycles. The number of amides is 1. The third-order valence-electron chi connectivity index (χ3n) is 7.46. The smallest absolute Gasteiger partial charge is 0.369 e. The summed E-state index contributed by atoms with van der Waals surface area (Å²) in [6.07, 6.45) is 1.97. The van der Waals surface area contributed by atoms with Crippen molar-refractivity contribution in [1.29, 1.82) is 0 Å². The summed E-state index contributed by atoms with van der Waals surface area (Å²) >= 11 is 0. The Hall–Kier alpha value is -4.32. The predicted molar refractivity (Wildman–Crippen MR) is 156 cm³/mol. The highest BCUT2D eigenvalue weighted by Crippen LogP contribution is 2.27. The quantitative estimate of drug-likeness (QED) is 0.252. The average Bonchev–Trinajstić information content (AvgIpc) is 2.99. The van der Waals surface area contributed by atoms with Gasteiger partial charge < -0.3 is 16.0 Å². The number of nitrogens with zero attached hydrogens (tertiary/aromatic N) is 5. The summed E-state index contributed by atoms with van der Waals surface area (Å²) in [5.74, 6) is 1.27. The van der Waals surface area contributed by atoms with Gasteiger partial charge in [0, 0.05) is 68.1 Å². The number of pyridine rings is 2. The normalized spacial score (nSPS) is 15.4. The van der Waals surface area contributed by atoms with Gasteiger partial charge in [-0.1, -0.05) is 25.1 Å². The van der Waals surface area contributed by atoms with Crippen LogP contribution in [-0.2, 0) is 0 Å². The van der Waals surface area contributed by atoms with Crippen LogP contribution in [0, 0.1) is 0 Å². The maximum Gasteiger partial charge on any atom is 0.401 e. The summed E-state index contributed by atoms with van der Waals surface area (Å²) in [7, 11) is 1.61. The Morgan fingerprint density at radius 1 is 1.05 bits per heavy atom. The van der Waals surface area contributed by atoms with Crippen LogP contribution in [0.25, 0.3) is 22.2 Å². The van der Waals surface area contributed by atoms with Gasteiger partial charge in [-0.05, 0) is 36.6 Å². The molecule has 0 bridgehead atoms. The predicted octanol–water partition coefficient (Wildman–Crippen LogP) is 5.10. The highest BCUT2D eigenvalue weighted by Gasteiger charge is 2.32. The third kappa shape index (κ3) is 7.11. The van der Waals surface area contributed by atoms with E-state index in [9.17, 15) is 18.0 Å². The van der Waals surface area contributed by atoms with Crippen LogP contribution in [-0.4, -0.2) is 76.2 Å². The zero-order valence-electron chi connectivity index (χ0n) is 23.4. The summed E-state index contributed by atoms with van der Waals surface area (Å²) in [5, 5.41) is 10.2. The number of piperidine rings is 1. The first-order valence-electron chi connectivity index (χ1n) is 13.9. The van der Waals surface area contributed by atoms with Gasteiger partial charge in [-0.2, -0.15) is 13.2 Å². The molecule has 12 heteroatoms. The summed E-state index contributed by atoms with van der Waals surface area (Å²) in [5.41, 5.74) is 3.94. The fourth-order valence-corrected chi connectivity index (χ4v) is 5.24. The lowest BCUT2D eigenvalue weighted by molar-refractivity contribution is -0.147. The Balaban J connectivity index is 1.19. The van der Waals surface area contributed by atoms with Crippen molar-refractivity contribution in [2.75, 3.05) is 43.9 Å². The number of rotatable bonds is 9. The Labute approximate surface area is 242 Å². The maximum atomic E-state index is 12.6. The number of hydrogen-bond donors (Lipinski definition) is 3. The third-order valence-corrected chi connectivity index (χ3v) is 7.46. The van der Waals surface area contributed by atoms with E-state index in [-0.39, 0.29) is 17.9 Å². The standard InChI is InChI=1S/C30H33F3N8O/c1-19(22-4-3-5-23-24(29(42)34-2)8-11-35-28(22)23)15-36-27-14-25(38-18-39-27)20-6-7-26(37-16-20)40-21-9-12-41(13-10-21)17-30(31,32)33/h3-8,11,14,16,18-19,21H,9-10,12-13,15,17H2,1-2H3,(H,34,42)(H,37,40)(H,36,38,39)/t19-/m1/s1. The average molecular weight is 579 g/mol. The van der Waals surface area contributed by atoms with E-state index in [1.165, 1.54) is 11.2 Å². The molecule has 1 saturated heterocycles. The number of fused-ring (bicyclic) bond motifs is 1. The molecule has 3 aromatic heterocycles. The van der Waals surface area contributed by atoms with Crippen molar-refractivity contribution in [1.82, 2.24) is 30.2 Å². The number of carbonyl (C=O) groups is 1. The van der Waals surface area contributed by atoms with Crippen molar-refractivity contribution in [2.45, 2.75) is 37.9 Å². The van der Waals surface area contributed by atoms with Crippen molar-refractivity contribution in [3.63, 3.8) is 0 Å². The van der Waals surface area contributed by atoms with Crippen LogP contribution in [0.1, 0.15) is 41.6 Å². The molecule has 0 saturated carbocycles. The minimum absolute atomic E-state index is 0.0758. The van der Waals surface area contributed by atoms with Gasteiger partial charge in [-0.25, -0.2) is 15.0 Å². The largest absolute Gasteiger partial charge is 0.401 e. The number of para-hydroxylation sites is 1. The maximum absolute atomic E-state index is 12.6. The first kappa shape index (κ1) is 29.2. The van der Waals surface area contributed by atoms with Gasteiger partial charge in [0.25, 0.3) is 5.91 Å². The second kappa shape index (κ2) is 12.7. The van der Waals surface area contributed by atoms with E-state index in [1.807, 2.05) is 36.4 Å². The SMILES string of the molecule is CNC(=O)c1ccnc2c([C@H](C)CNc3cc(-c4ccc(NC5CCN(CC(F)(F)F)CC5)nc4)ncn3)cccc12. The second-order valence-corrected chi connectivity index (χ2v) is 10.5. The lowest BCUT2D eigenvalue weighted by atomic mass is 9.96. The number of carbonyl (C=O) groups excluding carboxylic acids is 1. The summed E-state index contributed by atoms with van der Waals surface area (Å²) in [4.78, 5) is 31.6. The number of hydrogen-bond acceptors (Lipinski definition) is 8. The second-order valence-electron chi connectivity index (χ2n) is 10.5. The van der Waals surface area contributed by atoms with Gasteiger partial charge >= 0.3 is 6.18 Å². The lowest BCUT2D eigenvalue weighted by Crippen LogP contribution is -2.43. The molecule has 9 nitrogen and oxygen atoms in total. The summed E-state index contributed by atoms with van der Waals surface area (Å²) in [6.45, 7) is 2.62. The van der Waals surface area contributed by atoms with Crippen LogP contribution in [0.3, 0.4) is 0 Å². The molecule has 1 atom stereocenters. The molecule has 4 heterocycles. The van der Waals surface area contributed by atoms with Crippen LogP contribution in [0.15, 0.2) is 61.2 Å². The molecule has 1 amide bonds. The van der Waals surface area contributed by atoms with Crippen LogP contribution in [0.2, 0.25) is 0 Å². The molecule has 0 radical (unpaired) electrons. The number of nitrogens with one attached hydrogen (secondary N) is 3. The number of anilines is 2. The van der Waals surface area contributed by atoms with E-state index >= 15 is 0 Å². The molecule has 1 fully saturated rings. The summed E-state index contributed by atoms with van der Waals surface area (Å²) in [6, 6.07) is 13.3. The Bertz CT molecular complexity index is 1520. The monoisotopic (exact) mass is 578 g/mol. The molecule has 0 unspecified atom stereocenters. The van der Waals surface area contributed by atoms with E-state index in [2.05, 4.69) is 42.8 Å². The number of likely N-dealkylation sites (tertiary alicyclic amines) is 1. The Morgan fingerprint density at radius 2 is 1.86 bits per heavy atom. The molecule has 1 aliphatic rings. The minimum atomic E-state index is -4.17. The molecule has 1 aliphatic heterocycles. The van der Waals surface area contributed by atoms with E-state index in [1.54, 1.807) is 25.5 Å². The van der Waals surface area contributed by atoms with Crippen molar-refractivity contribution in [3.05, 3.63) is 72.3 Å². The Kier molecular flexibility index (Phi) is 8.81. The fraction of sp³-hybridized carbons (Fsp3) is 0.367. The van der Waals surface area contributed by atoms with E-state index in [4.69, 9.17) is 0 Å². The van der Waals surface area contributed by atoms with E-state index in [0.29, 0.717) is 55.4 Å². The lowest BCUT2D eigenvalue weighted by Gasteiger charge is -2.32. The van der Waals surface area contributed by atoms with E-state index in [0.717, 1.165) is 22.0 Å². The van der Waals surface area contributed by atoms with Crippen molar-refractivity contribution < 1.29 is 18.0 Å². The minimum Gasteiger partial charge on any atom is -0.369 e. The van der Waals surface area contributed by atoms with Gasteiger partial charge in [0.05, 0.1) is 23.3 Å². The number of aromatic nitrogens is 4. The first-order chi connectivity index (χ1) is 20.2. The van der Waals surface area contributed by atoms with Crippen LogP contribution < -0.4 is 16.0 Å². The highest BCUT2D eigenvalue weighted by molar-refractivity contribution is 6.06. The highest BCUT2D eigenvalue weighted by atomic mass is 19.4. The molecule has 220 valence electrons. The van der Waals surface area contributed by atoms with Crippen LogP contribution in [0.5, 0.6) is 0 Å². The van der Waals surface area contributed by atoms with Gasteiger partial charge in [0.1, 0.15) is 18.0 Å². The summed E-state index contributed by atoms with van der Waals surface area (Å²) < 4.78 is 37.9. The topological polar surface area (TPSA) is 108 Å².